The Hall–Kier alpha value is -1.10. The summed E-state index contributed by atoms with van der Waals surface area (Å²) in [5, 5.41) is 11.0. The molecule has 0 radical (unpaired) electrons. The number of hydrogen-bond acceptors (Lipinski definition) is 4. The molecule has 0 unspecified atom stereocenters. The van der Waals surface area contributed by atoms with Gasteiger partial charge in [0.25, 0.3) is 0 Å². The first-order valence-electron chi connectivity index (χ1n) is 2.81. The zero-order valence-electron chi connectivity index (χ0n) is 5.33. The highest BCUT2D eigenvalue weighted by Crippen LogP contribution is 2.03. The van der Waals surface area contributed by atoms with Crippen LogP contribution < -0.4 is 5.32 Å². The molecule has 5 heteroatoms. The monoisotopic (exact) mass is 145 g/mol. The van der Waals surface area contributed by atoms with E-state index in [1.165, 1.54) is 6.92 Å². The average molecular weight is 145 g/mol. The lowest BCUT2D eigenvalue weighted by Gasteiger charge is -2.06. The maximum absolute atomic E-state index is 10.6. The fourth-order valence-electron chi connectivity index (χ4n) is 0.688. The molecule has 1 saturated heterocycles. The van der Waals surface area contributed by atoms with Crippen molar-refractivity contribution in [3.8, 4) is 0 Å². The number of amides is 1. The van der Waals surface area contributed by atoms with Crippen molar-refractivity contribution >= 4 is 12.1 Å². The summed E-state index contributed by atoms with van der Waals surface area (Å²) < 4.78 is 4.09. The van der Waals surface area contributed by atoms with Crippen LogP contribution in [-0.2, 0) is 9.53 Å². The summed E-state index contributed by atoms with van der Waals surface area (Å²) in [6, 6.07) is -0.896. The summed E-state index contributed by atoms with van der Waals surface area (Å²) in [5.74, 6) is -0.722. The van der Waals surface area contributed by atoms with Gasteiger partial charge in [0.15, 0.2) is 6.04 Å². The molecular formula is C5H7NO4. The molecule has 1 aliphatic heterocycles. The van der Waals surface area contributed by atoms with Crippen LogP contribution in [0.1, 0.15) is 6.92 Å². The molecular weight excluding hydrogens is 138 g/mol. The number of esters is 1. The molecule has 10 heavy (non-hydrogen) atoms. The van der Waals surface area contributed by atoms with Crippen LogP contribution in [0, 0.1) is 0 Å². The summed E-state index contributed by atoms with van der Waals surface area (Å²) >= 11 is 0. The van der Waals surface area contributed by atoms with Gasteiger partial charge in [-0.2, -0.15) is 0 Å². The van der Waals surface area contributed by atoms with E-state index in [2.05, 4.69) is 10.1 Å². The number of aliphatic hydroxyl groups is 1. The fourth-order valence-corrected chi connectivity index (χ4v) is 0.688. The molecule has 0 aliphatic carbocycles. The van der Waals surface area contributed by atoms with Crippen molar-refractivity contribution in [1.82, 2.24) is 5.32 Å². The summed E-state index contributed by atoms with van der Waals surface area (Å²) in [6.07, 6.45) is -1.70. The van der Waals surface area contributed by atoms with E-state index in [-0.39, 0.29) is 0 Å². The van der Waals surface area contributed by atoms with Crippen molar-refractivity contribution in [2.45, 2.75) is 19.1 Å². The minimum absolute atomic E-state index is 0.722. The van der Waals surface area contributed by atoms with E-state index >= 15 is 0 Å². The van der Waals surface area contributed by atoms with Crippen LogP contribution in [0.3, 0.4) is 0 Å². The van der Waals surface area contributed by atoms with Gasteiger partial charge in [0.2, 0.25) is 0 Å². The SMILES string of the molecule is C[C@H](O)[C@H]1NC(=O)OC1=O. The standard InChI is InChI=1S/C5H7NO4/c1-2(7)3-4(8)10-5(9)6-3/h2-3,7H,1H3,(H,6,9)/t2-,3+/m0/s1. The first kappa shape index (κ1) is 7.01. The van der Waals surface area contributed by atoms with Crippen LogP contribution >= 0.6 is 0 Å². The Labute approximate surface area is 57.0 Å². The van der Waals surface area contributed by atoms with Crippen molar-refractivity contribution in [1.29, 1.82) is 0 Å². The molecule has 1 fully saturated rings. The number of alkyl carbamates (subject to hydrolysis) is 1. The number of nitrogens with one attached hydrogen (secondary N) is 1. The van der Waals surface area contributed by atoms with Gasteiger partial charge in [-0.25, -0.2) is 9.59 Å². The van der Waals surface area contributed by atoms with Crippen LogP contribution in [0.25, 0.3) is 0 Å². The van der Waals surface area contributed by atoms with Crippen LogP contribution in [0.4, 0.5) is 4.79 Å². The van der Waals surface area contributed by atoms with Gasteiger partial charge in [0.1, 0.15) is 0 Å². The van der Waals surface area contributed by atoms with Gasteiger partial charge in [0, 0.05) is 0 Å². The molecule has 0 spiro atoms. The van der Waals surface area contributed by atoms with Crippen LogP contribution in [-0.4, -0.2) is 29.3 Å². The van der Waals surface area contributed by atoms with Gasteiger partial charge in [-0.05, 0) is 6.92 Å². The van der Waals surface area contributed by atoms with Gasteiger partial charge < -0.3 is 15.2 Å². The second kappa shape index (κ2) is 2.26. The lowest BCUT2D eigenvalue weighted by atomic mass is 10.2. The Morgan fingerprint density at radius 1 is 1.70 bits per heavy atom. The third-order valence-electron chi connectivity index (χ3n) is 1.20. The van der Waals surface area contributed by atoms with Gasteiger partial charge in [-0.1, -0.05) is 0 Å². The second-order valence-corrected chi connectivity index (χ2v) is 2.07. The van der Waals surface area contributed by atoms with E-state index < -0.39 is 24.2 Å². The first-order valence-corrected chi connectivity index (χ1v) is 2.81. The molecule has 2 N–H and O–H groups in total. The molecule has 5 nitrogen and oxygen atoms in total. The van der Waals surface area contributed by atoms with Gasteiger partial charge in [-0.15, -0.1) is 0 Å². The number of rotatable bonds is 1. The molecule has 1 heterocycles. The van der Waals surface area contributed by atoms with E-state index in [1.54, 1.807) is 0 Å². The molecule has 0 bridgehead atoms. The number of carbonyl (C=O) groups excluding carboxylic acids is 2. The predicted octanol–water partition coefficient (Wildman–Crippen LogP) is -0.998. The molecule has 0 aromatic heterocycles. The summed E-state index contributed by atoms with van der Waals surface area (Å²) in [6.45, 7) is 1.40. The van der Waals surface area contributed by atoms with Crippen molar-refractivity contribution in [2.75, 3.05) is 0 Å². The van der Waals surface area contributed by atoms with Crippen LogP contribution in [0.5, 0.6) is 0 Å². The van der Waals surface area contributed by atoms with E-state index in [1.807, 2.05) is 0 Å². The Balaban J connectivity index is 2.63. The second-order valence-electron chi connectivity index (χ2n) is 2.07. The average Bonchev–Trinajstić information content (AvgIpc) is 2.10. The Kier molecular flexibility index (Phi) is 1.58. The highest BCUT2D eigenvalue weighted by Gasteiger charge is 2.35. The molecule has 0 aromatic carbocycles. The minimum atomic E-state index is -0.904. The largest absolute Gasteiger partial charge is 0.415 e. The Morgan fingerprint density at radius 3 is 2.50 bits per heavy atom. The van der Waals surface area contributed by atoms with Crippen LogP contribution in [0.15, 0.2) is 0 Å². The zero-order chi connectivity index (χ0) is 7.72. The highest BCUT2D eigenvalue weighted by atomic mass is 16.6. The number of carbonyl (C=O) groups is 2. The number of cyclic esters (lactones) is 2. The Bertz CT molecular complexity index is 176. The molecule has 0 saturated carbocycles. The predicted molar refractivity (Wildman–Crippen MR) is 30.1 cm³/mol. The van der Waals surface area contributed by atoms with Gasteiger partial charge in [0.05, 0.1) is 6.10 Å². The molecule has 0 aromatic rings. The molecule has 1 amide bonds. The Morgan fingerprint density at radius 2 is 2.30 bits per heavy atom. The van der Waals surface area contributed by atoms with Gasteiger partial charge >= 0.3 is 12.1 Å². The van der Waals surface area contributed by atoms with E-state index in [9.17, 15) is 9.59 Å². The topological polar surface area (TPSA) is 75.6 Å². The summed E-state index contributed by atoms with van der Waals surface area (Å²) in [4.78, 5) is 20.9. The van der Waals surface area contributed by atoms with Crippen LogP contribution in [0.2, 0.25) is 0 Å². The van der Waals surface area contributed by atoms with Crippen molar-refractivity contribution in [3.05, 3.63) is 0 Å². The molecule has 2 atom stereocenters. The van der Waals surface area contributed by atoms with Crippen molar-refractivity contribution in [3.63, 3.8) is 0 Å². The van der Waals surface area contributed by atoms with E-state index in [4.69, 9.17) is 5.11 Å². The normalized spacial score (nSPS) is 27.6. The smallest absolute Gasteiger partial charge is 0.391 e. The van der Waals surface area contributed by atoms with E-state index in [0.29, 0.717) is 0 Å². The lowest BCUT2D eigenvalue weighted by Crippen LogP contribution is -2.38. The summed E-state index contributed by atoms with van der Waals surface area (Å²) in [5.41, 5.74) is 0. The highest BCUT2D eigenvalue weighted by molar-refractivity contribution is 5.95. The molecule has 1 rings (SSSR count). The third kappa shape index (κ3) is 1.08. The van der Waals surface area contributed by atoms with Crippen molar-refractivity contribution < 1.29 is 19.4 Å². The first-order chi connectivity index (χ1) is 4.61. The minimum Gasteiger partial charge on any atom is -0.391 e. The molecule has 1 aliphatic rings. The lowest BCUT2D eigenvalue weighted by molar-refractivity contribution is -0.137. The number of hydrogen-bond donors (Lipinski definition) is 2. The number of aliphatic hydroxyl groups excluding tert-OH is 1. The summed E-state index contributed by atoms with van der Waals surface area (Å²) in [7, 11) is 0. The van der Waals surface area contributed by atoms with Crippen molar-refractivity contribution in [2.24, 2.45) is 0 Å². The quantitative estimate of drug-likeness (QED) is 0.366. The maximum atomic E-state index is 10.6. The number of ether oxygens (including phenoxy) is 1. The molecule has 56 valence electrons. The van der Waals surface area contributed by atoms with Gasteiger partial charge in [-0.3, -0.25) is 0 Å². The fraction of sp³-hybridized carbons (Fsp3) is 0.600. The third-order valence-corrected chi connectivity index (χ3v) is 1.20. The van der Waals surface area contributed by atoms with E-state index in [0.717, 1.165) is 0 Å². The zero-order valence-corrected chi connectivity index (χ0v) is 5.33. The maximum Gasteiger partial charge on any atom is 0.415 e.